The molecule has 1 saturated carbocycles. The van der Waals surface area contributed by atoms with Gasteiger partial charge < -0.3 is 10.0 Å². The van der Waals surface area contributed by atoms with Crippen molar-refractivity contribution in [3.8, 4) is 0 Å². The molecule has 2 aliphatic rings. The van der Waals surface area contributed by atoms with Gasteiger partial charge in [-0.15, -0.1) is 0 Å². The summed E-state index contributed by atoms with van der Waals surface area (Å²) in [4.78, 5) is 25.0. The summed E-state index contributed by atoms with van der Waals surface area (Å²) < 4.78 is 38.3. The summed E-state index contributed by atoms with van der Waals surface area (Å²) in [6.45, 7) is 0.809. The van der Waals surface area contributed by atoms with Crippen LogP contribution in [0.4, 0.5) is 13.2 Å². The molecule has 1 aliphatic carbocycles. The van der Waals surface area contributed by atoms with Gasteiger partial charge in [0.2, 0.25) is 5.91 Å². The van der Waals surface area contributed by atoms with E-state index < -0.39 is 23.6 Å². The number of carboxylic acids is 1. The Morgan fingerprint density at radius 3 is 2.42 bits per heavy atom. The average Bonchev–Trinajstić information content (AvgIpc) is 3.34. The van der Waals surface area contributed by atoms with Gasteiger partial charge in [-0.2, -0.15) is 13.2 Å². The number of aliphatic carboxylic acids is 1. The molecule has 0 bridgehead atoms. The van der Waals surface area contributed by atoms with Gasteiger partial charge in [-0.3, -0.25) is 9.59 Å². The van der Waals surface area contributed by atoms with Crippen LogP contribution in [0, 0.1) is 11.8 Å². The molecule has 0 spiro atoms. The Morgan fingerprint density at radius 1 is 1.17 bits per heavy atom. The first-order valence-electron chi connectivity index (χ1n) is 7.96. The zero-order valence-electron chi connectivity index (χ0n) is 12.9. The van der Waals surface area contributed by atoms with E-state index >= 15 is 0 Å². The molecule has 1 aromatic rings. The highest BCUT2D eigenvalue weighted by Crippen LogP contribution is 2.49. The molecule has 1 N–H and O–H groups in total. The van der Waals surface area contributed by atoms with E-state index in [1.165, 1.54) is 6.07 Å². The first-order chi connectivity index (χ1) is 11.3. The van der Waals surface area contributed by atoms with Gasteiger partial charge in [0.1, 0.15) is 0 Å². The molecule has 130 valence electrons. The predicted molar refractivity (Wildman–Crippen MR) is 79.2 cm³/mol. The Labute approximate surface area is 137 Å². The minimum Gasteiger partial charge on any atom is -0.481 e. The van der Waals surface area contributed by atoms with Crippen molar-refractivity contribution in [2.24, 2.45) is 11.8 Å². The van der Waals surface area contributed by atoms with Crippen molar-refractivity contribution in [3.63, 3.8) is 0 Å². The first kappa shape index (κ1) is 16.8. The Morgan fingerprint density at radius 2 is 1.83 bits per heavy atom. The summed E-state index contributed by atoms with van der Waals surface area (Å²) in [7, 11) is 0. The fourth-order valence-electron chi connectivity index (χ4n) is 3.36. The van der Waals surface area contributed by atoms with Crippen molar-refractivity contribution in [1.29, 1.82) is 0 Å². The van der Waals surface area contributed by atoms with E-state index in [9.17, 15) is 22.8 Å². The van der Waals surface area contributed by atoms with Gasteiger partial charge in [0.25, 0.3) is 0 Å². The fraction of sp³-hybridized carbons (Fsp3) is 0.529. The highest BCUT2D eigenvalue weighted by molar-refractivity contribution is 5.83. The third-order valence-corrected chi connectivity index (χ3v) is 4.91. The van der Waals surface area contributed by atoms with Crippen LogP contribution in [0.25, 0.3) is 0 Å². The number of hydrogen-bond donors (Lipinski definition) is 1. The van der Waals surface area contributed by atoms with Crippen LogP contribution in [0.15, 0.2) is 24.3 Å². The zero-order chi connectivity index (χ0) is 17.5. The van der Waals surface area contributed by atoms with Gasteiger partial charge in [0, 0.05) is 19.0 Å². The molecular formula is C17H18F3NO3. The number of amides is 1. The highest BCUT2D eigenvalue weighted by Gasteiger charge is 2.47. The number of halogens is 3. The molecule has 1 saturated heterocycles. The monoisotopic (exact) mass is 341 g/mol. The number of carboxylic acid groups (broad SMARTS) is 1. The molecular weight excluding hydrogens is 323 g/mol. The van der Waals surface area contributed by atoms with Gasteiger partial charge in [-0.25, -0.2) is 0 Å². The molecule has 3 rings (SSSR count). The SMILES string of the molecule is O=C(O)C1CCN(C(=O)[C@@H]2C[C@@H]2c2cccc(C(F)(F)F)c2)CC1. The largest absolute Gasteiger partial charge is 0.481 e. The minimum absolute atomic E-state index is 0.0683. The standard InChI is InChI=1S/C17H18F3NO3/c18-17(19,20)12-3-1-2-11(8-12)13-9-14(13)15(22)21-6-4-10(5-7-21)16(23)24/h1-3,8,10,13-14H,4-7,9H2,(H,23,24)/t13-,14-/m1/s1. The van der Waals surface area contributed by atoms with Crippen molar-refractivity contribution in [2.75, 3.05) is 13.1 Å². The number of hydrogen-bond acceptors (Lipinski definition) is 2. The Bertz CT molecular complexity index is 651. The Kier molecular flexibility index (Phi) is 4.27. The number of piperidine rings is 1. The van der Waals surface area contributed by atoms with Crippen molar-refractivity contribution < 1.29 is 27.9 Å². The Hall–Kier alpha value is -2.05. The second-order valence-corrected chi connectivity index (χ2v) is 6.51. The maximum Gasteiger partial charge on any atom is 0.416 e. The van der Waals surface area contributed by atoms with Crippen molar-refractivity contribution >= 4 is 11.9 Å². The molecule has 0 unspecified atom stereocenters. The van der Waals surface area contributed by atoms with E-state index in [0.717, 1.165) is 12.1 Å². The smallest absolute Gasteiger partial charge is 0.416 e. The van der Waals surface area contributed by atoms with E-state index in [4.69, 9.17) is 5.11 Å². The number of carbonyl (C=O) groups is 2. The van der Waals surface area contributed by atoms with Crippen LogP contribution in [0.3, 0.4) is 0 Å². The molecule has 2 fully saturated rings. The van der Waals surface area contributed by atoms with Crippen LogP contribution in [-0.2, 0) is 15.8 Å². The fourth-order valence-corrected chi connectivity index (χ4v) is 3.36. The summed E-state index contributed by atoms with van der Waals surface area (Å²) in [5, 5.41) is 8.97. The third kappa shape index (κ3) is 3.39. The molecule has 1 aromatic carbocycles. The topological polar surface area (TPSA) is 57.6 Å². The second-order valence-electron chi connectivity index (χ2n) is 6.51. The van der Waals surface area contributed by atoms with Crippen molar-refractivity contribution in [2.45, 2.75) is 31.4 Å². The summed E-state index contributed by atoms with van der Waals surface area (Å²) in [5.74, 6) is -1.77. The van der Waals surface area contributed by atoms with Gasteiger partial charge in [0.05, 0.1) is 11.5 Å². The quantitative estimate of drug-likeness (QED) is 0.919. The molecule has 0 aromatic heterocycles. The van der Waals surface area contributed by atoms with Crippen LogP contribution >= 0.6 is 0 Å². The summed E-state index contributed by atoms with van der Waals surface area (Å²) >= 11 is 0. The third-order valence-electron chi connectivity index (χ3n) is 4.91. The summed E-state index contributed by atoms with van der Waals surface area (Å²) in [5.41, 5.74) is -0.149. The summed E-state index contributed by atoms with van der Waals surface area (Å²) in [6.07, 6.45) is -2.97. The highest BCUT2D eigenvalue weighted by atomic mass is 19.4. The zero-order valence-corrected chi connectivity index (χ0v) is 12.9. The van der Waals surface area contributed by atoms with Crippen LogP contribution < -0.4 is 0 Å². The molecule has 1 heterocycles. The van der Waals surface area contributed by atoms with Gasteiger partial charge in [-0.05, 0) is 36.8 Å². The van der Waals surface area contributed by atoms with Crippen LogP contribution in [0.2, 0.25) is 0 Å². The van der Waals surface area contributed by atoms with E-state index in [1.807, 2.05) is 0 Å². The van der Waals surface area contributed by atoms with E-state index in [2.05, 4.69) is 0 Å². The first-order valence-corrected chi connectivity index (χ1v) is 7.96. The summed E-state index contributed by atoms with van der Waals surface area (Å²) in [6, 6.07) is 5.15. The van der Waals surface area contributed by atoms with E-state index in [0.29, 0.717) is 37.9 Å². The van der Waals surface area contributed by atoms with Crippen molar-refractivity contribution in [3.05, 3.63) is 35.4 Å². The minimum atomic E-state index is -4.39. The maximum absolute atomic E-state index is 12.8. The lowest BCUT2D eigenvalue weighted by atomic mass is 9.96. The lowest BCUT2D eigenvalue weighted by Gasteiger charge is -2.30. The normalized spacial score (nSPS) is 24.7. The van der Waals surface area contributed by atoms with Crippen LogP contribution in [0.1, 0.15) is 36.3 Å². The molecule has 4 nitrogen and oxygen atoms in total. The number of carbonyl (C=O) groups excluding carboxylic acids is 1. The second kappa shape index (κ2) is 6.11. The number of alkyl halides is 3. The number of benzene rings is 1. The number of rotatable bonds is 3. The lowest BCUT2D eigenvalue weighted by molar-refractivity contribution is -0.146. The maximum atomic E-state index is 12.8. The van der Waals surface area contributed by atoms with Crippen molar-refractivity contribution in [1.82, 2.24) is 4.90 Å². The van der Waals surface area contributed by atoms with Crippen LogP contribution in [-0.4, -0.2) is 35.0 Å². The van der Waals surface area contributed by atoms with E-state index in [-0.39, 0.29) is 17.7 Å². The molecule has 1 amide bonds. The number of likely N-dealkylation sites (tertiary alicyclic amines) is 1. The Balaban J connectivity index is 1.61. The predicted octanol–water partition coefficient (Wildman–Crippen LogP) is 3.13. The molecule has 24 heavy (non-hydrogen) atoms. The molecule has 1 aliphatic heterocycles. The van der Waals surface area contributed by atoms with E-state index in [1.54, 1.807) is 11.0 Å². The average molecular weight is 341 g/mol. The molecule has 0 radical (unpaired) electrons. The molecule has 2 atom stereocenters. The van der Waals surface area contributed by atoms with Gasteiger partial charge >= 0.3 is 12.1 Å². The van der Waals surface area contributed by atoms with Gasteiger partial charge in [-0.1, -0.05) is 18.2 Å². The molecule has 7 heteroatoms. The van der Waals surface area contributed by atoms with Crippen LogP contribution in [0.5, 0.6) is 0 Å². The lowest BCUT2D eigenvalue weighted by Crippen LogP contribution is -2.41. The van der Waals surface area contributed by atoms with Gasteiger partial charge in [0.15, 0.2) is 0 Å². The number of nitrogens with zero attached hydrogens (tertiary/aromatic N) is 1.